The molecule has 0 aliphatic carbocycles. The molecule has 6 nitrogen and oxygen atoms in total. The molecule has 1 aliphatic rings. The van der Waals surface area contributed by atoms with Gasteiger partial charge in [-0.1, -0.05) is 0 Å². The van der Waals surface area contributed by atoms with Crippen molar-refractivity contribution in [3.05, 3.63) is 0 Å². The number of ether oxygens (including phenoxy) is 1. The van der Waals surface area contributed by atoms with Gasteiger partial charge in [-0.25, -0.2) is 9.73 Å². The van der Waals surface area contributed by atoms with Crippen LogP contribution in [0.4, 0.5) is 4.79 Å². The Kier molecular flexibility index (Phi) is 3.90. The van der Waals surface area contributed by atoms with Gasteiger partial charge in [0, 0.05) is 19.1 Å². The Morgan fingerprint density at radius 3 is 2.67 bits per heavy atom. The fourth-order valence-corrected chi connectivity index (χ4v) is 1.42. The highest BCUT2D eigenvalue weighted by atomic mass is 16.8. The summed E-state index contributed by atoms with van der Waals surface area (Å²) >= 11 is 0. The largest absolute Gasteiger partial charge is 0.444 e. The van der Waals surface area contributed by atoms with E-state index in [0.717, 1.165) is 13.0 Å². The maximum Gasteiger partial charge on any atom is 0.407 e. The van der Waals surface area contributed by atoms with Crippen LogP contribution in [0.25, 0.3) is 0 Å². The van der Waals surface area contributed by atoms with Crippen LogP contribution in [-0.4, -0.2) is 35.9 Å². The van der Waals surface area contributed by atoms with Crippen LogP contribution in [0.5, 0.6) is 0 Å². The van der Waals surface area contributed by atoms with E-state index in [4.69, 9.17) is 10.6 Å². The molecule has 1 heterocycles. The zero-order chi connectivity index (χ0) is 11.5. The van der Waals surface area contributed by atoms with Gasteiger partial charge in [0.1, 0.15) is 5.60 Å². The first kappa shape index (κ1) is 12.2. The molecule has 1 atom stereocenters. The van der Waals surface area contributed by atoms with Crippen LogP contribution in [0.2, 0.25) is 0 Å². The van der Waals surface area contributed by atoms with Gasteiger partial charge in [0.2, 0.25) is 0 Å². The highest BCUT2D eigenvalue weighted by molar-refractivity contribution is 5.68. The lowest BCUT2D eigenvalue weighted by Crippen LogP contribution is -2.40. The van der Waals surface area contributed by atoms with Crippen molar-refractivity contribution >= 4 is 6.09 Å². The summed E-state index contributed by atoms with van der Waals surface area (Å²) in [5.74, 6) is 5.01. The monoisotopic (exact) mass is 217 g/mol. The number of alkyl carbamates (subject to hydrolysis) is 1. The minimum Gasteiger partial charge on any atom is -0.444 e. The van der Waals surface area contributed by atoms with Crippen LogP contribution < -0.4 is 11.2 Å². The Bertz CT molecular complexity index is 227. The van der Waals surface area contributed by atoms with Crippen molar-refractivity contribution in [2.75, 3.05) is 13.1 Å². The van der Waals surface area contributed by atoms with Crippen molar-refractivity contribution in [2.45, 2.75) is 38.8 Å². The van der Waals surface area contributed by atoms with Gasteiger partial charge in [-0.15, -0.1) is 0 Å². The minimum absolute atomic E-state index is 0.0448. The Morgan fingerprint density at radius 1 is 1.53 bits per heavy atom. The molecule has 0 saturated carbocycles. The molecule has 1 unspecified atom stereocenters. The van der Waals surface area contributed by atoms with Crippen molar-refractivity contribution in [3.63, 3.8) is 0 Å². The number of carbonyl (C=O) groups excluding carboxylic acids is 1. The molecule has 1 amide bonds. The van der Waals surface area contributed by atoms with E-state index in [1.165, 1.54) is 0 Å². The molecule has 0 aromatic rings. The van der Waals surface area contributed by atoms with Crippen molar-refractivity contribution in [3.8, 4) is 0 Å². The molecule has 1 saturated heterocycles. The summed E-state index contributed by atoms with van der Waals surface area (Å²) in [7, 11) is 0. The molecule has 3 N–H and O–H groups in total. The summed E-state index contributed by atoms with van der Waals surface area (Å²) in [5, 5.41) is 4.36. The average molecular weight is 217 g/mol. The average Bonchev–Trinajstić information content (AvgIpc) is 2.48. The summed E-state index contributed by atoms with van der Waals surface area (Å²) < 4.78 is 5.13. The normalized spacial score (nSPS) is 22.8. The Balaban J connectivity index is 2.28. The number of hydrogen-bond donors (Lipinski definition) is 2. The van der Waals surface area contributed by atoms with Crippen LogP contribution in [0, 0.1) is 0 Å². The SMILES string of the molecule is CC(C)(C)OC(=O)NC1CCN(ON)C1. The molecule has 15 heavy (non-hydrogen) atoms. The zero-order valence-electron chi connectivity index (χ0n) is 9.45. The quantitative estimate of drug-likeness (QED) is 0.654. The van der Waals surface area contributed by atoms with E-state index >= 15 is 0 Å². The second-order valence-corrected chi connectivity index (χ2v) is 4.63. The molecule has 6 heteroatoms. The lowest BCUT2D eigenvalue weighted by Gasteiger charge is -2.21. The van der Waals surface area contributed by atoms with Gasteiger partial charge in [0.25, 0.3) is 0 Å². The first-order chi connectivity index (χ1) is 6.90. The lowest BCUT2D eigenvalue weighted by atomic mass is 10.2. The first-order valence-electron chi connectivity index (χ1n) is 5.02. The molecule has 1 fully saturated rings. The van der Waals surface area contributed by atoms with Gasteiger partial charge in [-0.3, -0.25) is 0 Å². The highest BCUT2D eigenvalue weighted by Crippen LogP contribution is 2.10. The smallest absolute Gasteiger partial charge is 0.407 e. The van der Waals surface area contributed by atoms with Gasteiger partial charge in [0.05, 0.1) is 0 Å². The topological polar surface area (TPSA) is 76.8 Å². The molecule has 1 aliphatic heterocycles. The van der Waals surface area contributed by atoms with Crippen LogP contribution >= 0.6 is 0 Å². The van der Waals surface area contributed by atoms with Gasteiger partial charge in [-0.05, 0) is 27.2 Å². The van der Waals surface area contributed by atoms with Crippen molar-refractivity contribution < 1.29 is 14.5 Å². The highest BCUT2D eigenvalue weighted by Gasteiger charge is 2.26. The summed E-state index contributed by atoms with van der Waals surface area (Å²) in [6.45, 7) is 6.80. The summed E-state index contributed by atoms with van der Waals surface area (Å²) in [6.07, 6.45) is 0.419. The van der Waals surface area contributed by atoms with Crippen molar-refractivity contribution in [1.29, 1.82) is 0 Å². The van der Waals surface area contributed by atoms with E-state index in [9.17, 15) is 4.79 Å². The van der Waals surface area contributed by atoms with Gasteiger partial charge in [-0.2, -0.15) is 11.0 Å². The van der Waals surface area contributed by atoms with Gasteiger partial charge >= 0.3 is 6.09 Å². The third-order valence-electron chi connectivity index (χ3n) is 2.02. The molecule has 0 radical (unpaired) electrons. The van der Waals surface area contributed by atoms with E-state index in [-0.39, 0.29) is 6.04 Å². The van der Waals surface area contributed by atoms with E-state index in [1.54, 1.807) is 5.06 Å². The third-order valence-corrected chi connectivity index (χ3v) is 2.02. The Morgan fingerprint density at radius 2 is 2.20 bits per heavy atom. The number of nitrogens with one attached hydrogen (secondary N) is 1. The molecule has 0 aromatic carbocycles. The first-order valence-corrected chi connectivity index (χ1v) is 5.02. The van der Waals surface area contributed by atoms with E-state index < -0.39 is 11.7 Å². The number of nitrogens with two attached hydrogens (primary N) is 1. The van der Waals surface area contributed by atoms with Crippen molar-refractivity contribution in [2.24, 2.45) is 5.90 Å². The second-order valence-electron chi connectivity index (χ2n) is 4.63. The van der Waals surface area contributed by atoms with Crippen LogP contribution in [-0.2, 0) is 9.68 Å². The fourth-order valence-electron chi connectivity index (χ4n) is 1.42. The number of hydroxylamine groups is 2. The Labute approximate surface area is 89.6 Å². The number of amides is 1. The maximum absolute atomic E-state index is 11.4. The molecular weight excluding hydrogens is 198 g/mol. The van der Waals surface area contributed by atoms with E-state index in [2.05, 4.69) is 10.3 Å². The number of rotatable bonds is 2. The maximum atomic E-state index is 11.4. The number of hydrogen-bond acceptors (Lipinski definition) is 5. The molecule has 0 bridgehead atoms. The number of carbonyl (C=O) groups is 1. The van der Waals surface area contributed by atoms with Gasteiger partial charge in [0.15, 0.2) is 0 Å². The molecular formula is C9H19N3O3. The minimum atomic E-state index is -0.466. The van der Waals surface area contributed by atoms with E-state index in [1.807, 2.05) is 20.8 Å². The molecule has 0 spiro atoms. The standard InChI is InChI=1S/C9H19N3O3/c1-9(2,3)14-8(13)11-7-4-5-12(6-7)15-10/h7H,4-6,10H2,1-3H3,(H,11,13). The Hall–Kier alpha value is -0.850. The molecule has 1 rings (SSSR count). The zero-order valence-corrected chi connectivity index (χ0v) is 9.45. The van der Waals surface area contributed by atoms with Crippen LogP contribution in [0.1, 0.15) is 27.2 Å². The summed E-state index contributed by atoms with van der Waals surface area (Å²) in [5.41, 5.74) is -0.466. The molecule has 0 aromatic heterocycles. The predicted molar refractivity (Wildman–Crippen MR) is 54.6 cm³/mol. The molecule has 88 valence electrons. The van der Waals surface area contributed by atoms with Crippen molar-refractivity contribution in [1.82, 2.24) is 10.4 Å². The van der Waals surface area contributed by atoms with E-state index in [0.29, 0.717) is 6.54 Å². The van der Waals surface area contributed by atoms with Crippen LogP contribution in [0.3, 0.4) is 0 Å². The van der Waals surface area contributed by atoms with Gasteiger partial charge < -0.3 is 10.1 Å². The summed E-state index contributed by atoms with van der Waals surface area (Å²) in [4.78, 5) is 16.0. The fraction of sp³-hybridized carbons (Fsp3) is 0.889. The van der Waals surface area contributed by atoms with Crippen LogP contribution in [0.15, 0.2) is 0 Å². The second kappa shape index (κ2) is 4.78. The summed E-state index contributed by atoms with van der Waals surface area (Å²) in [6, 6.07) is 0.0448. The third kappa shape index (κ3) is 4.46. The lowest BCUT2D eigenvalue weighted by molar-refractivity contribution is -0.147. The predicted octanol–water partition coefficient (Wildman–Crippen LogP) is 0.391. The number of nitrogens with zero attached hydrogens (tertiary/aromatic N) is 1.